The van der Waals surface area contributed by atoms with E-state index in [1.807, 2.05) is 13.8 Å². The molecule has 1 aromatic carbocycles. The summed E-state index contributed by atoms with van der Waals surface area (Å²) in [5.41, 5.74) is 1.41. The molecule has 148 valence electrons. The number of nitrogens with one attached hydrogen (secondary N) is 1. The molecule has 0 fully saturated rings. The highest BCUT2D eigenvalue weighted by atomic mass is 19.3. The summed E-state index contributed by atoms with van der Waals surface area (Å²) in [6, 6.07) is 3.12. The first kappa shape index (κ1) is 19.8. The maximum Gasteiger partial charge on any atom is 0.272 e. The third-order valence-corrected chi connectivity index (χ3v) is 4.31. The lowest BCUT2D eigenvalue weighted by molar-refractivity contribution is 0.0914. The molecule has 0 aliphatic carbocycles. The summed E-state index contributed by atoms with van der Waals surface area (Å²) in [6.45, 7) is 4.80. The lowest BCUT2D eigenvalue weighted by Crippen LogP contribution is -2.34. The number of hydrogen-bond donors (Lipinski definition) is 1. The van der Waals surface area contributed by atoms with Crippen molar-refractivity contribution >= 4 is 16.9 Å². The fraction of sp³-hybridized carbons (Fsp3) is 0.368. The number of hydrogen-bond acceptors (Lipinski definition) is 4. The van der Waals surface area contributed by atoms with Gasteiger partial charge in [0.1, 0.15) is 17.3 Å². The van der Waals surface area contributed by atoms with Crippen LogP contribution in [0.25, 0.3) is 11.0 Å². The van der Waals surface area contributed by atoms with E-state index in [0.717, 1.165) is 0 Å². The first-order valence-corrected chi connectivity index (χ1v) is 8.79. The Morgan fingerprint density at radius 1 is 1.21 bits per heavy atom. The van der Waals surface area contributed by atoms with Gasteiger partial charge in [-0.1, -0.05) is 13.8 Å². The quantitative estimate of drug-likeness (QED) is 0.696. The highest BCUT2D eigenvalue weighted by Crippen LogP contribution is 2.27. The van der Waals surface area contributed by atoms with Crippen LogP contribution in [0.5, 0.6) is 0 Å². The predicted molar refractivity (Wildman–Crippen MR) is 97.5 cm³/mol. The zero-order chi connectivity index (χ0) is 20.4. The van der Waals surface area contributed by atoms with Crippen molar-refractivity contribution in [1.29, 1.82) is 0 Å². The van der Waals surface area contributed by atoms with Crippen LogP contribution in [0, 0.1) is 18.7 Å². The molecule has 0 unspecified atom stereocenters. The maximum atomic E-state index is 13.6. The van der Waals surface area contributed by atoms with E-state index in [2.05, 4.69) is 20.3 Å². The van der Waals surface area contributed by atoms with Gasteiger partial charge in [0.05, 0.1) is 35.5 Å². The van der Waals surface area contributed by atoms with Gasteiger partial charge in [0.15, 0.2) is 0 Å². The smallest absolute Gasteiger partial charge is 0.272 e. The van der Waals surface area contributed by atoms with E-state index in [4.69, 9.17) is 0 Å². The Labute approximate surface area is 159 Å². The van der Waals surface area contributed by atoms with Crippen molar-refractivity contribution < 1.29 is 18.0 Å². The summed E-state index contributed by atoms with van der Waals surface area (Å²) in [7, 11) is 0. The minimum Gasteiger partial charge on any atom is -0.340 e. The van der Waals surface area contributed by atoms with Crippen molar-refractivity contribution in [2.45, 2.75) is 39.8 Å². The third kappa shape index (κ3) is 4.13. The largest absolute Gasteiger partial charge is 0.340 e. The van der Waals surface area contributed by atoms with Crippen LogP contribution >= 0.6 is 0 Å². The van der Waals surface area contributed by atoms with Gasteiger partial charge in [0.2, 0.25) is 0 Å². The molecule has 6 nitrogen and oxygen atoms in total. The summed E-state index contributed by atoms with van der Waals surface area (Å²) in [5.74, 6) is -0.932. The summed E-state index contributed by atoms with van der Waals surface area (Å²) in [4.78, 5) is 25.0. The molecule has 3 aromatic rings. The highest BCUT2D eigenvalue weighted by molar-refractivity contribution is 5.92. The Kier molecular flexibility index (Phi) is 5.62. The number of amides is 1. The van der Waals surface area contributed by atoms with Gasteiger partial charge < -0.3 is 9.88 Å². The maximum absolute atomic E-state index is 13.6. The van der Waals surface area contributed by atoms with Gasteiger partial charge in [-0.2, -0.15) is 0 Å². The van der Waals surface area contributed by atoms with E-state index in [9.17, 15) is 18.0 Å². The molecule has 1 amide bonds. The topological polar surface area (TPSA) is 72.7 Å². The van der Waals surface area contributed by atoms with Crippen LogP contribution < -0.4 is 5.32 Å². The summed E-state index contributed by atoms with van der Waals surface area (Å²) >= 11 is 0. The number of nitrogens with zero attached hydrogens (tertiary/aromatic N) is 4. The van der Waals surface area contributed by atoms with Gasteiger partial charge in [-0.15, -0.1) is 0 Å². The fourth-order valence-corrected chi connectivity index (χ4v) is 2.94. The van der Waals surface area contributed by atoms with Gasteiger partial charge in [0.25, 0.3) is 12.3 Å². The Bertz CT molecular complexity index is 985. The monoisotopic (exact) mass is 391 g/mol. The number of aromatic nitrogens is 4. The van der Waals surface area contributed by atoms with Gasteiger partial charge in [-0.25, -0.2) is 23.1 Å². The predicted octanol–water partition coefficient (Wildman–Crippen LogP) is 3.67. The summed E-state index contributed by atoms with van der Waals surface area (Å²) < 4.78 is 41.3. The number of fused-ring (bicyclic) bond motifs is 1. The van der Waals surface area contributed by atoms with E-state index in [-0.39, 0.29) is 23.0 Å². The van der Waals surface area contributed by atoms with E-state index in [0.29, 0.717) is 11.2 Å². The molecule has 0 saturated heterocycles. The minimum atomic E-state index is -2.63. The lowest BCUT2D eigenvalue weighted by atomic mass is 10.0. The molecular weight excluding hydrogens is 371 g/mol. The molecule has 0 radical (unpaired) electrons. The van der Waals surface area contributed by atoms with Crippen LogP contribution in [0.4, 0.5) is 13.2 Å². The van der Waals surface area contributed by atoms with Crippen molar-refractivity contribution in [2.75, 3.05) is 0 Å². The van der Waals surface area contributed by atoms with Crippen molar-refractivity contribution in [3.8, 4) is 0 Å². The second-order valence-corrected chi connectivity index (χ2v) is 6.84. The molecule has 2 heterocycles. The van der Waals surface area contributed by atoms with Crippen LogP contribution in [-0.2, 0) is 6.54 Å². The minimum absolute atomic E-state index is 0.110. The van der Waals surface area contributed by atoms with Gasteiger partial charge in [-0.3, -0.25) is 9.78 Å². The molecule has 2 aromatic heterocycles. The Morgan fingerprint density at radius 2 is 1.96 bits per heavy atom. The summed E-state index contributed by atoms with van der Waals surface area (Å²) in [6.07, 6.45) is 0.181. The number of aryl methyl sites for hydroxylation is 1. The van der Waals surface area contributed by atoms with Crippen molar-refractivity contribution in [1.82, 2.24) is 24.8 Å². The van der Waals surface area contributed by atoms with E-state index >= 15 is 0 Å². The van der Waals surface area contributed by atoms with Gasteiger partial charge >= 0.3 is 0 Å². The average Bonchev–Trinajstić information content (AvgIpc) is 2.96. The fourth-order valence-electron chi connectivity index (χ4n) is 2.94. The number of benzene rings is 1. The van der Waals surface area contributed by atoms with Crippen molar-refractivity contribution in [3.63, 3.8) is 0 Å². The molecule has 28 heavy (non-hydrogen) atoms. The molecule has 0 saturated carbocycles. The molecule has 1 atom stereocenters. The molecule has 9 heteroatoms. The average molecular weight is 391 g/mol. The molecule has 3 rings (SSSR count). The third-order valence-electron chi connectivity index (χ3n) is 4.31. The van der Waals surface area contributed by atoms with Gasteiger partial charge in [0, 0.05) is 12.3 Å². The highest BCUT2D eigenvalue weighted by Gasteiger charge is 2.27. The SMILES string of the molecule is Cc1cnc(C(=O)N[C@H](c2nc3cc(F)ccc3n2CC(F)F)C(C)C)cn1. The first-order valence-electron chi connectivity index (χ1n) is 8.79. The molecule has 0 bridgehead atoms. The standard InChI is InChI=1S/C19H20F3N5O/c1-10(2)17(26-19(28)14-8-23-11(3)7-24-14)18-25-13-6-12(20)4-5-15(13)27(18)9-16(21)22/h4-8,10,16-17H,9H2,1-3H3,(H,26,28)/t17-/m0/s1. The Balaban J connectivity index is 2.02. The first-order chi connectivity index (χ1) is 13.3. The summed E-state index contributed by atoms with van der Waals surface area (Å²) in [5, 5.41) is 2.79. The van der Waals surface area contributed by atoms with Crippen LogP contribution in [0.3, 0.4) is 0 Å². The van der Waals surface area contributed by atoms with E-state index < -0.39 is 30.7 Å². The second-order valence-electron chi connectivity index (χ2n) is 6.84. The molecular formula is C19H20F3N5O. The molecule has 0 spiro atoms. The normalized spacial score (nSPS) is 12.7. The number of carbonyl (C=O) groups is 1. The number of alkyl halides is 2. The second kappa shape index (κ2) is 7.95. The van der Waals surface area contributed by atoms with E-state index in [1.54, 1.807) is 6.92 Å². The zero-order valence-electron chi connectivity index (χ0n) is 15.7. The molecule has 0 aliphatic heterocycles. The van der Waals surface area contributed by atoms with Crippen molar-refractivity contribution in [3.05, 3.63) is 53.6 Å². The molecule has 1 N–H and O–H groups in total. The Morgan fingerprint density at radius 3 is 2.57 bits per heavy atom. The number of halogens is 3. The molecule has 0 aliphatic rings. The van der Waals surface area contributed by atoms with Crippen LogP contribution in [0.15, 0.2) is 30.6 Å². The van der Waals surface area contributed by atoms with Crippen molar-refractivity contribution in [2.24, 2.45) is 5.92 Å². The number of imidazole rings is 1. The number of rotatable bonds is 6. The Hall–Kier alpha value is -2.97. The van der Waals surface area contributed by atoms with Gasteiger partial charge in [-0.05, 0) is 25.0 Å². The van der Waals surface area contributed by atoms with Crippen LogP contribution in [0.1, 0.15) is 41.9 Å². The van der Waals surface area contributed by atoms with Crippen LogP contribution in [0.2, 0.25) is 0 Å². The lowest BCUT2D eigenvalue weighted by Gasteiger charge is -2.23. The van der Waals surface area contributed by atoms with E-state index in [1.165, 1.54) is 35.2 Å². The zero-order valence-corrected chi connectivity index (χ0v) is 15.7. The number of carbonyl (C=O) groups excluding carboxylic acids is 1. The van der Waals surface area contributed by atoms with Crippen LogP contribution in [-0.4, -0.2) is 31.9 Å².